The monoisotopic (exact) mass is 361 g/mol. The van der Waals surface area contributed by atoms with Crippen LogP contribution in [0.3, 0.4) is 0 Å². The summed E-state index contributed by atoms with van der Waals surface area (Å²) >= 11 is 5.82. The number of ether oxygens (including phenoxy) is 1. The number of carbonyl (C=O) groups is 1. The van der Waals surface area contributed by atoms with Gasteiger partial charge in [0.25, 0.3) is 5.91 Å². The summed E-state index contributed by atoms with van der Waals surface area (Å²) in [5.74, 6) is 1.48. The summed E-state index contributed by atoms with van der Waals surface area (Å²) < 4.78 is 5.35. The molecule has 0 spiro atoms. The van der Waals surface area contributed by atoms with Crippen LogP contribution in [-0.4, -0.2) is 55.3 Å². The van der Waals surface area contributed by atoms with E-state index in [9.17, 15) is 4.79 Å². The SMILES string of the molecule is O=C(NCCNc1cc(N2CCOCC2)ncn1)c1ccc(Cl)cc1. The van der Waals surface area contributed by atoms with Gasteiger partial charge >= 0.3 is 0 Å². The summed E-state index contributed by atoms with van der Waals surface area (Å²) in [7, 11) is 0. The van der Waals surface area contributed by atoms with Crippen LogP contribution in [0, 0.1) is 0 Å². The molecule has 2 aromatic rings. The molecule has 8 heteroatoms. The Morgan fingerprint density at radius 2 is 1.92 bits per heavy atom. The number of rotatable bonds is 6. The van der Waals surface area contributed by atoms with Crippen molar-refractivity contribution in [1.29, 1.82) is 0 Å². The van der Waals surface area contributed by atoms with Gasteiger partial charge in [-0.05, 0) is 24.3 Å². The van der Waals surface area contributed by atoms with E-state index in [4.69, 9.17) is 16.3 Å². The average molecular weight is 362 g/mol. The highest BCUT2D eigenvalue weighted by Crippen LogP contribution is 2.15. The summed E-state index contributed by atoms with van der Waals surface area (Å²) in [6.45, 7) is 4.13. The molecule has 0 bridgehead atoms. The number of benzene rings is 1. The summed E-state index contributed by atoms with van der Waals surface area (Å²) in [4.78, 5) is 22.7. The van der Waals surface area contributed by atoms with E-state index in [1.165, 1.54) is 0 Å². The summed E-state index contributed by atoms with van der Waals surface area (Å²) in [6, 6.07) is 8.70. The summed E-state index contributed by atoms with van der Waals surface area (Å²) in [6.07, 6.45) is 1.54. The lowest BCUT2D eigenvalue weighted by Gasteiger charge is -2.27. The van der Waals surface area contributed by atoms with Crippen molar-refractivity contribution in [3.8, 4) is 0 Å². The van der Waals surface area contributed by atoms with E-state index in [-0.39, 0.29) is 5.91 Å². The second-order valence-electron chi connectivity index (χ2n) is 5.55. The van der Waals surface area contributed by atoms with Crippen molar-refractivity contribution in [1.82, 2.24) is 15.3 Å². The molecule has 1 aromatic carbocycles. The van der Waals surface area contributed by atoms with Gasteiger partial charge in [-0.25, -0.2) is 9.97 Å². The second kappa shape index (κ2) is 8.64. The third-order valence-electron chi connectivity index (χ3n) is 3.81. The number of morpholine rings is 1. The van der Waals surface area contributed by atoms with Gasteiger partial charge in [0.05, 0.1) is 13.2 Å². The molecule has 0 radical (unpaired) electrons. The second-order valence-corrected chi connectivity index (χ2v) is 5.99. The lowest BCUT2D eigenvalue weighted by Crippen LogP contribution is -2.36. The van der Waals surface area contributed by atoms with Gasteiger partial charge in [0.15, 0.2) is 0 Å². The molecule has 0 aliphatic carbocycles. The van der Waals surface area contributed by atoms with Crippen molar-refractivity contribution in [3.05, 3.63) is 47.2 Å². The van der Waals surface area contributed by atoms with Crippen LogP contribution in [0.15, 0.2) is 36.7 Å². The Hall–Kier alpha value is -2.38. The average Bonchev–Trinajstić information content (AvgIpc) is 2.66. The van der Waals surface area contributed by atoms with Crippen LogP contribution in [0.4, 0.5) is 11.6 Å². The van der Waals surface area contributed by atoms with E-state index in [1.807, 2.05) is 6.07 Å². The van der Waals surface area contributed by atoms with E-state index in [2.05, 4.69) is 25.5 Å². The molecule has 2 N–H and O–H groups in total. The summed E-state index contributed by atoms with van der Waals surface area (Å²) in [5.41, 5.74) is 0.584. The number of hydrogen-bond donors (Lipinski definition) is 2. The predicted octanol–water partition coefficient (Wildman–Crippen LogP) is 1.81. The summed E-state index contributed by atoms with van der Waals surface area (Å²) in [5, 5.41) is 6.66. The minimum atomic E-state index is -0.129. The molecule has 2 heterocycles. The standard InChI is InChI=1S/C17H20ClN5O2/c18-14-3-1-13(2-4-14)17(24)20-6-5-19-15-11-16(22-12-21-15)23-7-9-25-10-8-23/h1-4,11-12H,5-10H2,(H,20,24)(H,19,21,22). The van der Waals surface area contributed by atoms with Crippen molar-refractivity contribution >= 4 is 29.1 Å². The third-order valence-corrected chi connectivity index (χ3v) is 4.06. The fourth-order valence-electron chi connectivity index (χ4n) is 2.48. The molecule has 3 rings (SSSR count). The highest BCUT2D eigenvalue weighted by molar-refractivity contribution is 6.30. The molecule has 0 saturated carbocycles. The van der Waals surface area contributed by atoms with Crippen LogP contribution in [0.2, 0.25) is 5.02 Å². The first-order valence-electron chi connectivity index (χ1n) is 8.15. The number of amides is 1. The van der Waals surface area contributed by atoms with Crippen LogP contribution in [0.1, 0.15) is 10.4 Å². The quantitative estimate of drug-likeness (QED) is 0.764. The largest absolute Gasteiger partial charge is 0.378 e. The maximum Gasteiger partial charge on any atom is 0.251 e. The number of carbonyl (C=O) groups excluding carboxylic acids is 1. The molecular weight excluding hydrogens is 342 g/mol. The van der Waals surface area contributed by atoms with E-state index >= 15 is 0 Å². The number of hydrogen-bond acceptors (Lipinski definition) is 6. The van der Waals surface area contributed by atoms with Crippen LogP contribution in [0.25, 0.3) is 0 Å². The van der Waals surface area contributed by atoms with Gasteiger partial charge in [0.2, 0.25) is 0 Å². The van der Waals surface area contributed by atoms with Gasteiger partial charge in [-0.3, -0.25) is 4.79 Å². The predicted molar refractivity (Wildman–Crippen MR) is 97.3 cm³/mol. The number of nitrogens with zero attached hydrogens (tertiary/aromatic N) is 3. The van der Waals surface area contributed by atoms with Gasteiger partial charge in [-0.1, -0.05) is 11.6 Å². The zero-order valence-electron chi connectivity index (χ0n) is 13.7. The van der Waals surface area contributed by atoms with Gasteiger partial charge < -0.3 is 20.3 Å². The minimum absolute atomic E-state index is 0.129. The van der Waals surface area contributed by atoms with Crippen molar-refractivity contribution in [2.45, 2.75) is 0 Å². The molecule has 25 heavy (non-hydrogen) atoms. The van der Waals surface area contributed by atoms with Crippen LogP contribution in [0.5, 0.6) is 0 Å². The van der Waals surface area contributed by atoms with Gasteiger partial charge in [-0.2, -0.15) is 0 Å². The molecule has 0 atom stereocenters. The highest BCUT2D eigenvalue weighted by Gasteiger charge is 2.13. The highest BCUT2D eigenvalue weighted by atomic mass is 35.5. The van der Waals surface area contributed by atoms with Crippen LogP contribution in [-0.2, 0) is 4.74 Å². The topological polar surface area (TPSA) is 79.4 Å². The Kier molecular flexibility index (Phi) is 6.03. The van der Waals surface area contributed by atoms with E-state index in [1.54, 1.807) is 30.6 Å². The van der Waals surface area contributed by atoms with Gasteiger partial charge in [0, 0.05) is 42.8 Å². The molecule has 0 unspecified atom stereocenters. The van der Waals surface area contributed by atoms with Crippen molar-refractivity contribution < 1.29 is 9.53 Å². The van der Waals surface area contributed by atoms with E-state index in [0.29, 0.717) is 36.9 Å². The van der Waals surface area contributed by atoms with Crippen molar-refractivity contribution in [3.63, 3.8) is 0 Å². The third kappa shape index (κ3) is 5.04. The van der Waals surface area contributed by atoms with E-state index < -0.39 is 0 Å². The van der Waals surface area contributed by atoms with Gasteiger partial charge in [0.1, 0.15) is 18.0 Å². The maximum absolute atomic E-state index is 12.0. The zero-order valence-corrected chi connectivity index (χ0v) is 14.5. The zero-order chi connectivity index (χ0) is 17.5. The number of anilines is 2. The van der Waals surface area contributed by atoms with Crippen molar-refractivity contribution in [2.75, 3.05) is 49.6 Å². The molecule has 132 valence electrons. The normalized spacial score (nSPS) is 14.2. The van der Waals surface area contributed by atoms with Gasteiger partial charge in [-0.15, -0.1) is 0 Å². The smallest absolute Gasteiger partial charge is 0.251 e. The Labute approximate surface area is 151 Å². The Bertz CT molecular complexity index is 704. The molecule has 1 saturated heterocycles. The molecule has 1 aliphatic rings. The lowest BCUT2D eigenvalue weighted by atomic mass is 10.2. The fraction of sp³-hybridized carbons (Fsp3) is 0.353. The van der Waals surface area contributed by atoms with Crippen LogP contribution < -0.4 is 15.5 Å². The molecule has 7 nitrogen and oxygen atoms in total. The minimum Gasteiger partial charge on any atom is -0.378 e. The molecule has 1 aliphatic heterocycles. The maximum atomic E-state index is 12.0. The number of halogens is 1. The number of nitrogens with one attached hydrogen (secondary N) is 2. The Balaban J connectivity index is 1.45. The Morgan fingerprint density at radius 1 is 1.16 bits per heavy atom. The Morgan fingerprint density at radius 3 is 2.68 bits per heavy atom. The molecule has 1 amide bonds. The molecular formula is C17H20ClN5O2. The van der Waals surface area contributed by atoms with E-state index in [0.717, 1.165) is 24.7 Å². The number of aromatic nitrogens is 2. The first-order chi connectivity index (χ1) is 12.2. The molecule has 1 fully saturated rings. The molecule has 1 aromatic heterocycles. The van der Waals surface area contributed by atoms with Crippen molar-refractivity contribution in [2.24, 2.45) is 0 Å². The lowest BCUT2D eigenvalue weighted by molar-refractivity contribution is 0.0955. The fourth-order valence-corrected chi connectivity index (χ4v) is 2.61. The first kappa shape index (κ1) is 17.4. The first-order valence-corrected chi connectivity index (χ1v) is 8.52. The van der Waals surface area contributed by atoms with Crippen LogP contribution >= 0.6 is 11.6 Å².